The van der Waals surface area contributed by atoms with E-state index in [1.165, 1.54) is 25.9 Å². The quantitative estimate of drug-likeness (QED) is 0.526. The van der Waals surface area contributed by atoms with Crippen molar-refractivity contribution in [3.8, 4) is 0 Å². The molecule has 1 heterocycles. The topological polar surface area (TPSA) is 12.0 Å². The lowest BCUT2D eigenvalue weighted by Crippen LogP contribution is -2.26. The summed E-state index contributed by atoms with van der Waals surface area (Å²) in [6.45, 7) is 6.31. The molecule has 0 aliphatic carbocycles. The molecule has 0 unspecified atom stereocenters. The molecule has 0 atom stereocenters. The Kier molecular flexibility index (Phi) is 4.29. The highest BCUT2D eigenvalue weighted by molar-refractivity contribution is 5.85. The first kappa shape index (κ1) is 8.25. The Morgan fingerprint density at radius 2 is 1.75 bits per heavy atom. The molecule has 1 fully saturated rings. The summed E-state index contributed by atoms with van der Waals surface area (Å²) in [7, 11) is 0. The van der Waals surface area contributed by atoms with Gasteiger partial charge in [-0.2, -0.15) is 0 Å². The van der Waals surface area contributed by atoms with E-state index < -0.39 is 0 Å². The molecule has 1 N–H and O–H groups in total. The molecule has 1 aliphatic rings. The number of nitrogens with one attached hydrogen (secondary N) is 1. The molecule has 1 saturated heterocycles. The van der Waals surface area contributed by atoms with Crippen LogP contribution in [0.3, 0.4) is 0 Å². The lowest BCUT2D eigenvalue weighted by molar-refractivity contribution is 0.434. The Morgan fingerprint density at radius 1 is 1.25 bits per heavy atom. The van der Waals surface area contributed by atoms with Gasteiger partial charge in [0.15, 0.2) is 0 Å². The standard InChI is InChI=1S/C6H12N.ClH/c1-6-2-4-7-5-3-6;/h6-7H,1-5H2;1H. The molecular weight excluding hydrogens is 122 g/mol. The zero-order chi connectivity index (χ0) is 5.11. The van der Waals surface area contributed by atoms with Gasteiger partial charge in [-0.25, -0.2) is 0 Å². The smallest absolute Gasteiger partial charge is 0.00463 e. The van der Waals surface area contributed by atoms with Crippen LogP contribution in [-0.2, 0) is 0 Å². The van der Waals surface area contributed by atoms with Gasteiger partial charge in [-0.3, -0.25) is 0 Å². The van der Waals surface area contributed by atoms with Gasteiger partial charge in [0.2, 0.25) is 0 Å². The van der Waals surface area contributed by atoms with Gasteiger partial charge in [0.05, 0.1) is 0 Å². The second-order valence-electron chi connectivity index (χ2n) is 2.19. The highest BCUT2D eigenvalue weighted by Gasteiger charge is 2.05. The van der Waals surface area contributed by atoms with Crippen molar-refractivity contribution in [1.29, 1.82) is 0 Å². The Labute approximate surface area is 57.3 Å². The van der Waals surface area contributed by atoms with Crippen LogP contribution in [0.1, 0.15) is 12.8 Å². The predicted octanol–water partition coefficient (Wildman–Crippen LogP) is 1.24. The molecule has 1 rings (SSSR count). The molecule has 0 aromatic heterocycles. The molecule has 0 spiro atoms. The van der Waals surface area contributed by atoms with Crippen molar-refractivity contribution in [3.05, 3.63) is 6.92 Å². The zero-order valence-corrected chi connectivity index (χ0v) is 5.84. The van der Waals surface area contributed by atoms with E-state index in [-0.39, 0.29) is 12.4 Å². The van der Waals surface area contributed by atoms with Crippen LogP contribution in [0.5, 0.6) is 0 Å². The average Bonchev–Trinajstić information content (AvgIpc) is 1.69. The molecule has 1 aliphatic heterocycles. The zero-order valence-electron chi connectivity index (χ0n) is 5.02. The minimum atomic E-state index is 0. The highest BCUT2D eigenvalue weighted by Crippen LogP contribution is 2.07. The van der Waals surface area contributed by atoms with E-state index in [0.29, 0.717) is 0 Å². The highest BCUT2D eigenvalue weighted by atomic mass is 35.5. The van der Waals surface area contributed by atoms with Crippen molar-refractivity contribution in [2.24, 2.45) is 5.92 Å². The normalized spacial score (nSPS) is 22.1. The van der Waals surface area contributed by atoms with Crippen LogP contribution in [0, 0.1) is 12.8 Å². The molecule has 1 radical (unpaired) electrons. The number of rotatable bonds is 0. The number of piperidine rings is 1. The number of halogens is 1. The van der Waals surface area contributed by atoms with E-state index in [4.69, 9.17) is 0 Å². The van der Waals surface area contributed by atoms with E-state index in [9.17, 15) is 0 Å². The SMILES string of the molecule is Cl.[CH2]C1CCNCC1. The molecule has 0 aromatic rings. The summed E-state index contributed by atoms with van der Waals surface area (Å²) in [5, 5.41) is 3.28. The minimum absolute atomic E-state index is 0. The van der Waals surface area contributed by atoms with Gasteiger partial charge in [0, 0.05) is 0 Å². The predicted molar refractivity (Wildman–Crippen MR) is 38.2 cm³/mol. The molecule has 0 aromatic carbocycles. The average molecular weight is 135 g/mol. The van der Waals surface area contributed by atoms with E-state index in [2.05, 4.69) is 12.2 Å². The van der Waals surface area contributed by atoms with Crippen LogP contribution < -0.4 is 5.32 Å². The lowest BCUT2D eigenvalue weighted by atomic mass is 10.0. The Hall–Kier alpha value is 0.250. The summed E-state index contributed by atoms with van der Waals surface area (Å²) in [6.07, 6.45) is 2.53. The lowest BCUT2D eigenvalue weighted by Gasteiger charge is -2.17. The summed E-state index contributed by atoms with van der Waals surface area (Å²) < 4.78 is 0. The van der Waals surface area contributed by atoms with Crippen LogP contribution in [0.25, 0.3) is 0 Å². The van der Waals surface area contributed by atoms with Crippen LogP contribution in [-0.4, -0.2) is 13.1 Å². The van der Waals surface area contributed by atoms with Gasteiger partial charge in [0.1, 0.15) is 0 Å². The third kappa shape index (κ3) is 2.53. The second kappa shape index (κ2) is 4.16. The molecule has 0 bridgehead atoms. The Bertz CT molecular complexity index is 50.5. The van der Waals surface area contributed by atoms with Crippen molar-refractivity contribution in [1.82, 2.24) is 5.32 Å². The third-order valence-electron chi connectivity index (χ3n) is 1.46. The summed E-state index contributed by atoms with van der Waals surface area (Å²) in [4.78, 5) is 0. The summed E-state index contributed by atoms with van der Waals surface area (Å²) in [6, 6.07) is 0. The number of hydrogen-bond acceptors (Lipinski definition) is 1. The van der Waals surface area contributed by atoms with Gasteiger partial charge in [-0.1, -0.05) is 6.92 Å². The number of hydrogen-bond donors (Lipinski definition) is 1. The second-order valence-corrected chi connectivity index (χ2v) is 2.19. The van der Waals surface area contributed by atoms with Crippen LogP contribution in [0.4, 0.5) is 0 Å². The Morgan fingerprint density at radius 3 is 2.00 bits per heavy atom. The first-order valence-corrected chi connectivity index (χ1v) is 2.93. The first-order chi connectivity index (χ1) is 3.39. The van der Waals surface area contributed by atoms with Gasteiger partial charge in [0.25, 0.3) is 0 Å². The molecule has 0 amide bonds. The van der Waals surface area contributed by atoms with Crippen LogP contribution >= 0.6 is 12.4 Å². The van der Waals surface area contributed by atoms with E-state index in [1.807, 2.05) is 0 Å². The minimum Gasteiger partial charge on any atom is -0.317 e. The van der Waals surface area contributed by atoms with Crippen molar-refractivity contribution in [3.63, 3.8) is 0 Å². The molecule has 1 nitrogen and oxygen atoms in total. The maximum absolute atomic E-state index is 3.96. The van der Waals surface area contributed by atoms with E-state index in [1.54, 1.807) is 0 Å². The molecule has 2 heteroatoms. The van der Waals surface area contributed by atoms with Crippen LogP contribution in [0.2, 0.25) is 0 Å². The van der Waals surface area contributed by atoms with Crippen LogP contribution in [0.15, 0.2) is 0 Å². The van der Waals surface area contributed by atoms with Crippen molar-refractivity contribution in [2.75, 3.05) is 13.1 Å². The van der Waals surface area contributed by atoms with E-state index >= 15 is 0 Å². The van der Waals surface area contributed by atoms with Gasteiger partial charge in [-0.05, 0) is 31.8 Å². The molecule has 0 saturated carbocycles. The largest absolute Gasteiger partial charge is 0.317 e. The molecule has 49 valence electrons. The molecule has 8 heavy (non-hydrogen) atoms. The monoisotopic (exact) mass is 134 g/mol. The maximum Gasteiger partial charge on any atom is -0.00463 e. The van der Waals surface area contributed by atoms with E-state index in [0.717, 1.165) is 5.92 Å². The molecular formula is C6H13ClN. The third-order valence-corrected chi connectivity index (χ3v) is 1.46. The fourth-order valence-corrected chi connectivity index (χ4v) is 0.882. The van der Waals surface area contributed by atoms with Gasteiger partial charge < -0.3 is 5.32 Å². The van der Waals surface area contributed by atoms with Crippen molar-refractivity contribution < 1.29 is 0 Å². The fraction of sp³-hybridized carbons (Fsp3) is 0.833. The fourth-order valence-electron chi connectivity index (χ4n) is 0.882. The maximum atomic E-state index is 3.96. The summed E-state index contributed by atoms with van der Waals surface area (Å²) in [5.41, 5.74) is 0. The summed E-state index contributed by atoms with van der Waals surface area (Å²) >= 11 is 0. The Balaban J connectivity index is 0.000000490. The van der Waals surface area contributed by atoms with Gasteiger partial charge >= 0.3 is 0 Å². The summed E-state index contributed by atoms with van der Waals surface area (Å²) in [5.74, 6) is 0.723. The first-order valence-electron chi connectivity index (χ1n) is 2.93. The van der Waals surface area contributed by atoms with Crippen molar-refractivity contribution >= 4 is 12.4 Å². The van der Waals surface area contributed by atoms with Crippen molar-refractivity contribution in [2.45, 2.75) is 12.8 Å². The van der Waals surface area contributed by atoms with Gasteiger partial charge in [-0.15, -0.1) is 12.4 Å².